The van der Waals surface area contributed by atoms with E-state index in [1.807, 2.05) is 6.92 Å². The van der Waals surface area contributed by atoms with Crippen LogP contribution in [0.4, 0.5) is 0 Å². The second-order valence-corrected chi connectivity index (χ2v) is 5.15. The van der Waals surface area contributed by atoms with Crippen LogP contribution in [0.2, 0.25) is 0 Å². The minimum atomic E-state index is 0.0855. The molecule has 1 heterocycles. The van der Waals surface area contributed by atoms with Crippen molar-refractivity contribution in [3.8, 4) is 11.1 Å². The van der Waals surface area contributed by atoms with Gasteiger partial charge in [-0.2, -0.15) is 11.3 Å². The van der Waals surface area contributed by atoms with E-state index in [0.717, 1.165) is 4.47 Å². The first-order valence-electron chi connectivity index (χ1n) is 4.76. The summed E-state index contributed by atoms with van der Waals surface area (Å²) in [6.45, 7) is 2.00. The Balaban J connectivity index is 2.46. The summed E-state index contributed by atoms with van der Waals surface area (Å²) in [7, 11) is 0. The van der Waals surface area contributed by atoms with E-state index in [2.05, 4.69) is 51.0 Å². The van der Waals surface area contributed by atoms with Gasteiger partial charge in [-0.1, -0.05) is 18.2 Å². The summed E-state index contributed by atoms with van der Waals surface area (Å²) in [5.74, 6) is 0. The van der Waals surface area contributed by atoms with E-state index in [1.165, 1.54) is 16.7 Å². The lowest BCUT2D eigenvalue weighted by Gasteiger charge is -2.07. The number of thiophene rings is 1. The molecule has 0 amide bonds. The van der Waals surface area contributed by atoms with Gasteiger partial charge in [0.25, 0.3) is 0 Å². The van der Waals surface area contributed by atoms with Crippen molar-refractivity contribution < 1.29 is 0 Å². The zero-order chi connectivity index (χ0) is 10.8. The van der Waals surface area contributed by atoms with Crippen LogP contribution in [0.5, 0.6) is 0 Å². The highest BCUT2D eigenvalue weighted by molar-refractivity contribution is 9.10. The second-order valence-electron chi connectivity index (χ2n) is 3.55. The van der Waals surface area contributed by atoms with E-state index in [1.54, 1.807) is 11.3 Å². The first-order valence-corrected chi connectivity index (χ1v) is 6.49. The normalized spacial score (nSPS) is 12.7. The Labute approximate surface area is 102 Å². The third-order valence-corrected chi connectivity index (χ3v) is 4.04. The van der Waals surface area contributed by atoms with E-state index < -0.39 is 0 Å². The molecule has 0 fully saturated rings. The van der Waals surface area contributed by atoms with Gasteiger partial charge in [0.05, 0.1) is 0 Å². The smallest absolute Gasteiger partial charge is 0.0360 e. The molecule has 1 unspecified atom stereocenters. The molecule has 1 aromatic carbocycles. The van der Waals surface area contributed by atoms with Gasteiger partial charge in [0.2, 0.25) is 0 Å². The largest absolute Gasteiger partial charge is 0.324 e. The molecule has 0 radical (unpaired) electrons. The molecule has 78 valence electrons. The van der Waals surface area contributed by atoms with Gasteiger partial charge >= 0.3 is 0 Å². The fraction of sp³-hybridized carbons (Fsp3) is 0.167. The van der Waals surface area contributed by atoms with Crippen LogP contribution in [0, 0.1) is 0 Å². The van der Waals surface area contributed by atoms with Gasteiger partial charge in [-0.15, -0.1) is 0 Å². The summed E-state index contributed by atoms with van der Waals surface area (Å²) >= 11 is 5.24. The van der Waals surface area contributed by atoms with Crippen LogP contribution in [0.25, 0.3) is 11.1 Å². The Morgan fingerprint density at radius 2 is 2.13 bits per heavy atom. The standard InChI is InChI=1S/C12H12BrNS/c1-8(14)9-3-2-4-10(5-9)11-6-15-7-12(11)13/h2-8H,14H2,1H3. The molecule has 0 spiro atoms. The fourth-order valence-electron chi connectivity index (χ4n) is 1.48. The Hall–Kier alpha value is -0.640. The Kier molecular flexibility index (Phi) is 3.24. The first-order chi connectivity index (χ1) is 7.18. The van der Waals surface area contributed by atoms with Crippen LogP contribution in [-0.2, 0) is 0 Å². The van der Waals surface area contributed by atoms with Crippen LogP contribution in [-0.4, -0.2) is 0 Å². The van der Waals surface area contributed by atoms with Crippen molar-refractivity contribution >= 4 is 27.3 Å². The van der Waals surface area contributed by atoms with E-state index in [0.29, 0.717) is 0 Å². The van der Waals surface area contributed by atoms with Gasteiger partial charge in [0.15, 0.2) is 0 Å². The summed E-state index contributed by atoms with van der Waals surface area (Å²) in [5.41, 5.74) is 9.50. The molecule has 0 aliphatic rings. The predicted molar refractivity (Wildman–Crippen MR) is 70.1 cm³/mol. The Bertz CT molecular complexity index is 462. The Morgan fingerprint density at radius 3 is 2.73 bits per heavy atom. The van der Waals surface area contributed by atoms with E-state index in [4.69, 9.17) is 5.73 Å². The van der Waals surface area contributed by atoms with Crippen molar-refractivity contribution in [2.75, 3.05) is 0 Å². The lowest BCUT2D eigenvalue weighted by molar-refractivity contribution is 0.819. The average Bonchev–Trinajstić information content (AvgIpc) is 2.64. The molecule has 0 saturated carbocycles. The zero-order valence-electron chi connectivity index (χ0n) is 8.41. The molecule has 2 rings (SSSR count). The number of halogens is 1. The van der Waals surface area contributed by atoms with E-state index in [9.17, 15) is 0 Å². The average molecular weight is 282 g/mol. The molecule has 0 bridgehead atoms. The van der Waals surface area contributed by atoms with Crippen molar-refractivity contribution in [1.82, 2.24) is 0 Å². The van der Waals surface area contributed by atoms with Crippen molar-refractivity contribution in [2.45, 2.75) is 13.0 Å². The summed E-state index contributed by atoms with van der Waals surface area (Å²) in [6.07, 6.45) is 0. The molecule has 0 aliphatic carbocycles. The van der Waals surface area contributed by atoms with Crippen molar-refractivity contribution in [1.29, 1.82) is 0 Å². The fourth-order valence-corrected chi connectivity index (χ4v) is 3.01. The molecule has 1 aromatic heterocycles. The third kappa shape index (κ3) is 2.30. The number of hydrogen-bond acceptors (Lipinski definition) is 2. The van der Waals surface area contributed by atoms with Crippen LogP contribution >= 0.6 is 27.3 Å². The zero-order valence-corrected chi connectivity index (χ0v) is 10.8. The lowest BCUT2D eigenvalue weighted by atomic mass is 10.0. The number of hydrogen-bond donors (Lipinski definition) is 1. The Morgan fingerprint density at radius 1 is 1.33 bits per heavy atom. The summed E-state index contributed by atoms with van der Waals surface area (Å²) in [4.78, 5) is 0. The molecule has 2 aromatic rings. The first kappa shape index (κ1) is 10.9. The molecular formula is C12H12BrNS. The third-order valence-electron chi connectivity index (χ3n) is 2.34. The summed E-state index contributed by atoms with van der Waals surface area (Å²) in [6, 6.07) is 8.46. The molecule has 3 heteroatoms. The molecule has 0 saturated heterocycles. The SMILES string of the molecule is CC(N)c1cccc(-c2cscc2Br)c1. The number of rotatable bonds is 2. The predicted octanol–water partition coefficient (Wildman–Crippen LogP) is 4.20. The molecule has 1 nitrogen and oxygen atoms in total. The number of benzene rings is 1. The van der Waals surface area contributed by atoms with Gasteiger partial charge in [-0.05, 0) is 45.4 Å². The lowest BCUT2D eigenvalue weighted by Crippen LogP contribution is -2.04. The van der Waals surface area contributed by atoms with Gasteiger partial charge in [0, 0.05) is 21.5 Å². The summed E-state index contributed by atoms with van der Waals surface area (Å²) < 4.78 is 1.15. The second kappa shape index (κ2) is 4.47. The molecule has 2 N–H and O–H groups in total. The van der Waals surface area contributed by atoms with Crippen molar-refractivity contribution in [3.63, 3.8) is 0 Å². The van der Waals surface area contributed by atoms with Gasteiger partial charge in [0.1, 0.15) is 0 Å². The molecule has 0 aliphatic heterocycles. The maximum absolute atomic E-state index is 5.86. The molecule has 15 heavy (non-hydrogen) atoms. The monoisotopic (exact) mass is 281 g/mol. The van der Waals surface area contributed by atoms with Crippen molar-refractivity contribution in [2.24, 2.45) is 5.73 Å². The van der Waals surface area contributed by atoms with Crippen LogP contribution in [0.1, 0.15) is 18.5 Å². The number of nitrogens with two attached hydrogens (primary N) is 1. The maximum atomic E-state index is 5.86. The van der Waals surface area contributed by atoms with Crippen LogP contribution in [0.15, 0.2) is 39.5 Å². The van der Waals surface area contributed by atoms with E-state index in [-0.39, 0.29) is 6.04 Å². The topological polar surface area (TPSA) is 26.0 Å². The van der Waals surface area contributed by atoms with Gasteiger partial charge < -0.3 is 5.73 Å². The quantitative estimate of drug-likeness (QED) is 0.877. The highest BCUT2D eigenvalue weighted by atomic mass is 79.9. The highest BCUT2D eigenvalue weighted by Gasteiger charge is 2.06. The molecular weight excluding hydrogens is 270 g/mol. The highest BCUT2D eigenvalue weighted by Crippen LogP contribution is 2.32. The van der Waals surface area contributed by atoms with E-state index >= 15 is 0 Å². The molecule has 1 atom stereocenters. The van der Waals surface area contributed by atoms with Gasteiger partial charge in [-0.25, -0.2) is 0 Å². The minimum Gasteiger partial charge on any atom is -0.324 e. The maximum Gasteiger partial charge on any atom is 0.0360 e. The minimum absolute atomic E-state index is 0.0855. The van der Waals surface area contributed by atoms with Crippen LogP contribution < -0.4 is 5.73 Å². The van der Waals surface area contributed by atoms with Gasteiger partial charge in [-0.3, -0.25) is 0 Å². The van der Waals surface area contributed by atoms with Crippen molar-refractivity contribution in [3.05, 3.63) is 45.1 Å². The van der Waals surface area contributed by atoms with Crippen LogP contribution in [0.3, 0.4) is 0 Å². The summed E-state index contributed by atoms with van der Waals surface area (Å²) in [5, 5.41) is 4.23.